The zero-order chi connectivity index (χ0) is 14.3. The molecule has 1 heterocycles. The van der Waals surface area contributed by atoms with E-state index in [-0.39, 0.29) is 0 Å². The number of benzene rings is 2. The first-order chi connectivity index (χ1) is 9.56. The Bertz CT molecular complexity index is 647. The first-order valence-corrected chi connectivity index (χ1v) is 6.98. The van der Waals surface area contributed by atoms with Gasteiger partial charge in [-0.1, -0.05) is 35.3 Å². The highest BCUT2D eigenvalue weighted by molar-refractivity contribution is 6.31. The van der Waals surface area contributed by atoms with Crippen LogP contribution in [0.15, 0.2) is 36.4 Å². The maximum Gasteiger partial charge on any atom is 0.323 e. The van der Waals surface area contributed by atoms with Crippen molar-refractivity contribution in [2.75, 3.05) is 4.90 Å². The summed E-state index contributed by atoms with van der Waals surface area (Å²) in [4.78, 5) is 13.4. The van der Waals surface area contributed by atoms with Gasteiger partial charge in [-0.15, -0.1) is 0 Å². The maximum atomic E-state index is 11.9. The van der Waals surface area contributed by atoms with Gasteiger partial charge in [-0.2, -0.15) is 0 Å². The minimum absolute atomic E-state index is 0.543. The van der Waals surface area contributed by atoms with Gasteiger partial charge in [0.2, 0.25) is 0 Å². The third kappa shape index (κ3) is 2.23. The van der Waals surface area contributed by atoms with Gasteiger partial charge >= 0.3 is 6.03 Å². The third-order valence-corrected chi connectivity index (χ3v) is 3.93. The molecule has 102 valence electrons. The predicted octanol–water partition coefficient (Wildman–Crippen LogP) is 4.31. The van der Waals surface area contributed by atoms with E-state index in [2.05, 4.69) is 0 Å². The zero-order valence-corrected chi connectivity index (χ0v) is 12.1. The number of fused-ring (bicyclic) bond motifs is 2. The third-order valence-electron chi connectivity index (χ3n) is 3.46. The molecular formula is C15H12Cl2N2O. The summed E-state index contributed by atoms with van der Waals surface area (Å²) in [6.45, 7) is 0. The number of primary amides is 1. The molecule has 0 radical (unpaired) electrons. The standard InChI is InChI=1S/C15H12Cl2N2O/c16-11-5-3-9-1-2-10-4-6-12(17)8-14(10)19(15(18)20)13(9)7-11/h3-8H,1-2H2,(H2,18,20). The zero-order valence-electron chi connectivity index (χ0n) is 10.6. The maximum absolute atomic E-state index is 11.9. The number of hydrogen-bond acceptors (Lipinski definition) is 1. The highest BCUT2D eigenvalue weighted by Gasteiger charge is 2.24. The van der Waals surface area contributed by atoms with E-state index < -0.39 is 6.03 Å². The Balaban J connectivity index is 2.27. The molecule has 0 aromatic heterocycles. The van der Waals surface area contributed by atoms with Crippen molar-refractivity contribution < 1.29 is 4.79 Å². The first-order valence-electron chi connectivity index (χ1n) is 6.22. The van der Waals surface area contributed by atoms with Crippen LogP contribution in [-0.2, 0) is 12.8 Å². The fourth-order valence-corrected chi connectivity index (χ4v) is 2.88. The van der Waals surface area contributed by atoms with E-state index in [1.165, 1.54) is 4.90 Å². The quantitative estimate of drug-likeness (QED) is 0.774. The van der Waals surface area contributed by atoms with E-state index >= 15 is 0 Å². The van der Waals surface area contributed by atoms with E-state index in [1.807, 2.05) is 24.3 Å². The molecule has 2 N–H and O–H groups in total. The molecule has 0 saturated heterocycles. The summed E-state index contributed by atoms with van der Waals surface area (Å²) in [5, 5.41) is 1.14. The van der Waals surface area contributed by atoms with Gasteiger partial charge in [-0.3, -0.25) is 4.90 Å². The molecule has 0 unspecified atom stereocenters. The van der Waals surface area contributed by atoms with E-state index in [4.69, 9.17) is 28.9 Å². The molecule has 2 aromatic carbocycles. The molecule has 20 heavy (non-hydrogen) atoms. The predicted molar refractivity (Wildman–Crippen MR) is 82.0 cm³/mol. The summed E-state index contributed by atoms with van der Waals surface area (Å²) in [7, 11) is 0. The molecule has 0 spiro atoms. The van der Waals surface area contributed by atoms with Crippen LogP contribution in [0.25, 0.3) is 0 Å². The summed E-state index contributed by atoms with van der Waals surface area (Å²) < 4.78 is 0. The van der Waals surface area contributed by atoms with Crippen molar-refractivity contribution >= 4 is 40.6 Å². The van der Waals surface area contributed by atoms with Crippen molar-refractivity contribution in [3.8, 4) is 0 Å². The second-order valence-electron chi connectivity index (χ2n) is 4.72. The van der Waals surface area contributed by atoms with E-state index in [9.17, 15) is 4.79 Å². The van der Waals surface area contributed by atoms with Crippen LogP contribution in [0.1, 0.15) is 11.1 Å². The Hall–Kier alpha value is -1.71. The Labute approximate surface area is 126 Å². The number of halogens is 2. The van der Waals surface area contributed by atoms with Crippen molar-refractivity contribution in [2.24, 2.45) is 5.73 Å². The Kier molecular flexibility index (Phi) is 3.32. The van der Waals surface area contributed by atoms with Gasteiger partial charge in [0.1, 0.15) is 0 Å². The number of amides is 2. The molecule has 0 aliphatic carbocycles. The van der Waals surface area contributed by atoms with Gasteiger partial charge in [-0.25, -0.2) is 4.79 Å². The summed E-state index contributed by atoms with van der Waals surface area (Å²) in [6, 6.07) is 10.5. The van der Waals surface area contributed by atoms with Crippen LogP contribution in [0.2, 0.25) is 10.0 Å². The molecule has 0 atom stereocenters. The number of hydrogen-bond donors (Lipinski definition) is 1. The number of carbonyl (C=O) groups excluding carboxylic acids is 1. The van der Waals surface area contributed by atoms with Gasteiger partial charge in [0.25, 0.3) is 0 Å². The van der Waals surface area contributed by atoms with Crippen molar-refractivity contribution in [1.82, 2.24) is 0 Å². The number of anilines is 2. The van der Waals surface area contributed by atoms with Crippen LogP contribution < -0.4 is 10.6 Å². The number of urea groups is 1. The monoisotopic (exact) mass is 306 g/mol. The average Bonchev–Trinajstić information content (AvgIpc) is 2.54. The number of carbonyl (C=O) groups is 1. The smallest absolute Gasteiger partial charge is 0.323 e. The van der Waals surface area contributed by atoms with E-state index in [1.54, 1.807) is 12.1 Å². The van der Waals surface area contributed by atoms with Gasteiger partial charge < -0.3 is 5.73 Å². The highest BCUT2D eigenvalue weighted by Crippen LogP contribution is 2.38. The van der Waals surface area contributed by atoms with Crippen molar-refractivity contribution in [3.05, 3.63) is 57.6 Å². The van der Waals surface area contributed by atoms with Crippen molar-refractivity contribution in [3.63, 3.8) is 0 Å². The Morgan fingerprint density at radius 1 is 0.950 bits per heavy atom. The van der Waals surface area contributed by atoms with Crippen LogP contribution >= 0.6 is 23.2 Å². The summed E-state index contributed by atoms with van der Waals surface area (Å²) in [5.74, 6) is 0. The lowest BCUT2D eigenvalue weighted by atomic mass is 10.0. The topological polar surface area (TPSA) is 46.3 Å². The van der Waals surface area contributed by atoms with Crippen LogP contribution in [0.4, 0.5) is 16.2 Å². The Morgan fingerprint density at radius 3 is 1.80 bits per heavy atom. The fourth-order valence-electron chi connectivity index (χ4n) is 2.55. The van der Waals surface area contributed by atoms with Gasteiger partial charge in [0.15, 0.2) is 0 Å². The number of rotatable bonds is 0. The molecule has 2 aromatic rings. The minimum atomic E-state index is -0.543. The van der Waals surface area contributed by atoms with Crippen LogP contribution in [0.5, 0.6) is 0 Å². The van der Waals surface area contributed by atoms with Crippen molar-refractivity contribution in [2.45, 2.75) is 12.8 Å². The van der Waals surface area contributed by atoms with E-state index in [0.29, 0.717) is 10.0 Å². The molecule has 0 saturated carbocycles. The molecule has 5 heteroatoms. The average molecular weight is 307 g/mol. The Morgan fingerprint density at radius 2 is 1.40 bits per heavy atom. The second kappa shape index (κ2) is 5.00. The molecule has 1 aliphatic rings. The largest absolute Gasteiger partial charge is 0.351 e. The second-order valence-corrected chi connectivity index (χ2v) is 5.59. The number of nitrogens with zero attached hydrogens (tertiary/aromatic N) is 1. The number of nitrogens with two attached hydrogens (primary N) is 1. The van der Waals surface area contributed by atoms with Crippen LogP contribution in [-0.4, -0.2) is 6.03 Å². The molecule has 1 aliphatic heterocycles. The highest BCUT2D eigenvalue weighted by atomic mass is 35.5. The molecule has 3 rings (SSSR count). The lowest BCUT2D eigenvalue weighted by Gasteiger charge is -2.23. The summed E-state index contributed by atoms with van der Waals surface area (Å²) in [5.41, 5.74) is 9.11. The molecular weight excluding hydrogens is 295 g/mol. The lowest BCUT2D eigenvalue weighted by Crippen LogP contribution is -2.32. The van der Waals surface area contributed by atoms with Crippen LogP contribution in [0, 0.1) is 0 Å². The normalized spacial score (nSPS) is 13.4. The molecule has 2 amide bonds. The lowest BCUT2D eigenvalue weighted by molar-refractivity contribution is 0.256. The van der Waals surface area contributed by atoms with Crippen LogP contribution in [0.3, 0.4) is 0 Å². The molecule has 0 bridgehead atoms. The van der Waals surface area contributed by atoms with Crippen molar-refractivity contribution in [1.29, 1.82) is 0 Å². The minimum Gasteiger partial charge on any atom is -0.351 e. The van der Waals surface area contributed by atoms with Gasteiger partial charge in [0, 0.05) is 10.0 Å². The summed E-state index contributed by atoms with van der Waals surface area (Å²) in [6.07, 6.45) is 1.65. The molecule has 3 nitrogen and oxygen atoms in total. The van der Waals surface area contributed by atoms with Gasteiger partial charge in [-0.05, 0) is 48.2 Å². The number of aryl methyl sites for hydroxylation is 2. The van der Waals surface area contributed by atoms with Gasteiger partial charge in [0.05, 0.1) is 11.4 Å². The molecule has 0 fully saturated rings. The fraction of sp³-hybridized carbons (Fsp3) is 0.133. The van der Waals surface area contributed by atoms with E-state index in [0.717, 1.165) is 35.3 Å². The first kappa shape index (κ1) is 13.3. The summed E-state index contributed by atoms with van der Waals surface area (Å²) >= 11 is 12.1. The SMILES string of the molecule is NC(=O)N1c2cc(Cl)ccc2CCc2ccc(Cl)cc21.